The number of nitrogens with zero attached hydrogens (tertiary/aromatic N) is 1. The minimum absolute atomic E-state index is 0.153. The van der Waals surface area contributed by atoms with E-state index in [9.17, 15) is 0 Å². The van der Waals surface area contributed by atoms with Crippen LogP contribution in [0.25, 0.3) is 0 Å². The van der Waals surface area contributed by atoms with E-state index in [2.05, 4.69) is 23.4 Å². The first-order chi connectivity index (χ1) is 6.61. The molecule has 0 spiro atoms. The largest absolute Gasteiger partial charge is 0.335 e. The van der Waals surface area contributed by atoms with Gasteiger partial charge < -0.3 is 9.55 Å². The monoisotopic (exact) mass is 206 g/mol. The minimum atomic E-state index is 0.153. The van der Waals surface area contributed by atoms with E-state index in [-0.39, 0.29) is 5.82 Å². The normalized spacial score (nSPS) is 21.2. The molecule has 1 aromatic rings. The number of hydrogen-bond acceptors (Lipinski definition) is 1. The summed E-state index contributed by atoms with van der Waals surface area (Å²) in [5.41, 5.74) is 2.48. The molecule has 0 bridgehead atoms. The van der Waals surface area contributed by atoms with Crippen LogP contribution in [0.1, 0.15) is 49.9 Å². The van der Waals surface area contributed by atoms with Gasteiger partial charge >= 0.3 is 0 Å². The van der Waals surface area contributed by atoms with Gasteiger partial charge in [-0.3, -0.25) is 0 Å². The lowest BCUT2D eigenvalue weighted by Crippen LogP contribution is -2.13. The highest BCUT2D eigenvalue weighted by atomic mass is 32.1. The van der Waals surface area contributed by atoms with Crippen molar-refractivity contribution in [3.8, 4) is 0 Å². The van der Waals surface area contributed by atoms with Gasteiger partial charge in [0.15, 0.2) is 4.77 Å². The molecule has 0 aromatic carbocycles. The van der Waals surface area contributed by atoms with Crippen molar-refractivity contribution in [2.45, 2.75) is 45.0 Å². The summed E-state index contributed by atoms with van der Waals surface area (Å²) in [6, 6.07) is 0.424. The zero-order valence-corrected chi connectivity index (χ0v) is 9.53. The number of aromatic amines is 1. The highest BCUT2D eigenvalue weighted by Gasteiger charge is 2.21. The van der Waals surface area contributed by atoms with Crippen LogP contribution >= 0.6 is 12.2 Å². The number of hydrogen-bond donors (Lipinski definition) is 1. The molecular weight excluding hydrogens is 191 g/mol. The number of H-pyrrole nitrogens is 1. The Morgan fingerprint density at radius 1 is 1.57 bits per heavy atom. The molecule has 2 rings (SSSR count). The fraction of sp³-hybridized carbons (Fsp3) is 0.700. The van der Waals surface area contributed by atoms with E-state index in [0.29, 0.717) is 6.04 Å². The zero-order chi connectivity index (χ0) is 10.3. The van der Waals surface area contributed by atoms with Crippen molar-refractivity contribution >= 4 is 20.1 Å². The van der Waals surface area contributed by atoms with E-state index in [1.165, 1.54) is 12.1 Å². The van der Waals surface area contributed by atoms with Crippen LogP contribution in [0.15, 0.2) is 0 Å². The number of fused-ring (bicyclic) bond motifs is 1. The molecule has 1 heterocycles. The summed E-state index contributed by atoms with van der Waals surface area (Å²) in [6.07, 6.45) is 3.35. The Balaban J connectivity index is 2.57. The zero-order valence-electron chi connectivity index (χ0n) is 8.71. The Hall–Kier alpha value is -0.505. The summed E-state index contributed by atoms with van der Waals surface area (Å²) in [7, 11) is 6.04. The van der Waals surface area contributed by atoms with Crippen LogP contribution in [-0.2, 0) is 6.42 Å². The molecular formula is C10H15BN2S. The lowest BCUT2D eigenvalue weighted by atomic mass is 9.76. The maximum atomic E-state index is 6.04. The molecule has 0 aliphatic heterocycles. The molecule has 1 atom stereocenters. The SMILES string of the molecule is [B]C1CCCc2c1[nH]c(=S)n2C(C)C. The molecule has 74 valence electrons. The molecule has 2 nitrogen and oxygen atoms in total. The molecule has 0 fully saturated rings. The third-order valence-electron chi connectivity index (χ3n) is 2.88. The van der Waals surface area contributed by atoms with E-state index >= 15 is 0 Å². The van der Waals surface area contributed by atoms with Crippen molar-refractivity contribution in [3.05, 3.63) is 16.2 Å². The molecule has 1 aliphatic carbocycles. The van der Waals surface area contributed by atoms with Gasteiger partial charge in [0.05, 0.1) is 7.85 Å². The van der Waals surface area contributed by atoms with Crippen LogP contribution in [0.2, 0.25) is 0 Å². The molecule has 0 saturated heterocycles. The first-order valence-corrected chi connectivity index (χ1v) is 5.61. The maximum absolute atomic E-state index is 6.04. The smallest absolute Gasteiger partial charge is 0.177 e. The van der Waals surface area contributed by atoms with Gasteiger partial charge in [0, 0.05) is 17.4 Å². The lowest BCUT2D eigenvalue weighted by Gasteiger charge is -2.21. The highest BCUT2D eigenvalue weighted by molar-refractivity contribution is 7.71. The second-order valence-corrected chi connectivity index (χ2v) is 4.64. The Kier molecular flexibility index (Phi) is 2.56. The summed E-state index contributed by atoms with van der Waals surface area (Å²) in [5, 5.41) is 0. The van der Waals surface area contributed by atoms with Gasteiger partial charge in [-0.2, -0.15) is 0 Å². The van der Waals surface area contributed by atoms with Gasteiger partial charge in [0.1, 0.15) is 0 Å². The van der Waals surface area contributed by atoms with Crippen LogP contribution in [-0.4, -0.2) is 17.4 Å². The molecule has 1 aromatic heterocycles. The number of rotatable bonds is 1. The molecule has 1 N–H and O–H groups in total. The van der Waals surface area contributed by atoms with Crippen molar-refractivity contribution in [1.82, 2.24) is 9.55 Å². The van der Waals surface area contributed by atoms with E-state index in [0.717, 1.165) is 23.3 Å². The van der Waals surface area contributed by atoms with Crippen molar-refractivity contribution in [2.75, 3.05) is 0 Å². The predicted molar refractivity (Wildman–Crippen MR) is 61.4 cm³/mol. The molecule has 1 unspecified atom stereocenters. The van der Waals surface area contributed by atoms with Crippen LogP contribution in [0.3, 0.4) is 0 Å². The van der Waals surface area contributed by atoms with Gasteiger partial charge in [-0.1, -0.05) is 6.42 Å². The van der Waals surface area contributed by atoms with Gasteiger partial charge in [-0.25, -0.2) is 0 Å². The molecule has 2 radical (unpaired) electrons. The van der Waals surface area contributed by atoms with Crippen molar-refractivity contribution in [3.63, 3.8) is 0 Å². The first kappa shape index (κ1) is 10.0. The second kappa shape index (κ2) is 3.57. The van der Waals surface area contributed by atoms with Crippen molar-refractivity contribution in [1.29, 1.82) is 0 Å². The topological polar surface area (TPSA) is 20.7 Å². The maximum Gasteiger partial charge on any atom is 0.177 e. The van der Waals surface area contributed by atoms with E-state index in [1.54, 1.807) is 0 Å². The van der Waals surface area contributed by atoms with Crippen LogP contribution in [0.5, 0.6) is 0 Å². The molecule has 0 amide bonds. The Morgan fingerprint density at radius 2 is 2.29 bits per heavy atom. The van der Waals surface area contributed by atoms with Crippen LogP contribution in [0.4, 0.5) is 0 Å². The second-order valence-electron chi connectivity index (χ2n) is 4.25. The number of nitrogens with one attached hydrogen (secondary N) is 1. The van der Waals surface area contributed by atoms with E-state index in [1.807, 2.05) is 0 Å². The molecule has 0 saturated carbocycles. The van der Waals surface area contributed by atoms with Gasteiger partial charge in [-0.05, 0) is 44.7 Å². The summed E-state index contributed by atoms with van der Waals surface area (Å²) in [4.78, 5) is 3.25. The fourth-order valence-electron chi connectivity index (χ4n) is 2.24. The van der Waals surface area contributed by atoms with Crippen molar-refractivity contribution < 1.29 is 0 Å². The fourth-order valence-corrected chi connectivity index (χ4v) is 2.67. The first-order valence-electron chi connectivity index (χ1n) is 5.20. The highest BCUT2D eigenvalue weighted by Crippen LogP contribution is 2.30. The third-order valence-corrected chi connectivity index (χ3v) is 3.18. The van der Waals surface area contributed by atoms with Gasteiger partial charge in [0.2, 0.25) is 0 Å². The Labute approximate surface area is 91.1 Å². The molecule has 14 heavy (non-hydrogen) atoms. The number of imidazole rings is 1. The van der Waals surface area contributed by atoms with Crippen LogP contribution in [0, 0.1) is 4.77 Å². The minimum Gasteiger partial charge on any atom is -0.335 e. The van der Waals surface area contributed by atoms with Crippen LogP contribution < -0.4 is 0 Å². The quantitative estimate of drug-likeness (QED) is 0.553. The number of aromatic nitrogens is 2. The lowest BCUT2D eigenvalue weighted by molar-refractivity contribution is 0.540. The average molecular weight is 206 g/mol. The molecule has 1 aliphatic rings. The van der Waals surface area contributed by atoms with Gasteiger partial charge in [-0.15, -0.1) is 0 Å². The average Bonchev–Trinajstić information content (AvgIpc) is 2.42. The predicted octanol–water partition coefficient (Wildman–Crippen LogP) is 2.67. The van der Waals surface area contributed by atoms with Crippen molar-refractivity contribution in [2.24, 2.45) is 0 Å². The third kappa shape index (κ3) is 1.46. The van der Waals surface area contributed by atoms with E-state index in [4.69, 9.17) is 20.1 Å². The summed E-state index contributed by atoms with van der Waals surface area (Å²) in [5.74, 6) is 0.153. The Bertz CT molecular complexity index is 391. The summed E-state index contributed by atoms with van der Waals surface area (Å²) in [6.45, 7) is 4.31. The summed E-state index contributed by atoms with van der Waals surface area (Å²) < 4.78 is 3.02. The Morgan fingerprint density at radius 3 is 2.93 bits per heavy atom. The molecule has 4 heteroatoms. The van der Waals surface area contributed by atoms with E-state index < -0.39 is 0 Å². The van der Waals surface area contributed by atoms with Gasteiger partial charge in [0.25, 0.3) is 0 Å². The summed E-state index contributed by atoms with van der Waals surface area (Å²) >= 11 is 5.30. The standard InChI is InChI=1S/C10H15BN2S/c1-6(2)13-8-5-3-4-7(11)9(8)12-10(13)14/h6-7H,3-5H2,1-2H3,(H,12,14).